The van der Waals surface area contributed by atoms with Gasteiger partial charge in [0.05, 0.1) is 18.1 Å². The van der Waals surface area contributed by atoms with Gasteiger partial charge in [-0.15, -0.1) is 0 Å². The highest BCUT2D eigenvalue weighted by Gasteiger charge is 2.49. The number of carbonyl (C=O) groups excluding carboxylic acids is 1. The molecule has 0 fully saturated rings. The highest BCUT2D eigenvalue weighted by atomic mass is 19.3. The normalized spacial score (nSPS) is 12.4. The first kappa shape index (κ1) is 15.2. The molecule has 2 heterocycles. The van der Waals surface area contributed by atoms with Gasteiger partial charge >= 0.3 is 18.3 Å². The fourth-order valence-electron chi connectivity index (χ4n) is 1.70. The van der Waals surface area contributed by atoms with E-state index in [1.54, 1.807) is 10.00 Å². The van der Waals surface area contributed by atoms with E-state index in [0.717, 1.165) is 6.20 Å². The van der Waals surface area contributed by atoms with Gasteiger partial charge in [-0.25, -0.2) is 18.4 Å². The van der Waals surface area contributed by atoms with Crippen LogP contribution in [0.5, 0.6) is 0 Å². The first-order chi connectivity index (χ1) is 9.73. The Labute approximate surface area is 117 Å². The third-order valence-electron chi connectivity index (χ3n) is 2.76. The van der Waals surface area contributed by atoms with Crippen molar-refractivity contribution in [1.29, 1.82) is 0 Å². The Balaban J connectivity index is 2.27. The van der Waals surface area contributed by atoms with Crippen LogP contribution in [-0.2, 0) is 4.79 Å². The number of halogens is 4. The van der Waals surface area contributed by atoms with Gasteiger partial charge in [-0.05, 0) is 19.9 Å². The van der Waals surface area contributed by atoms with Crippen molar-refractivity contribution < 1.29 is 22.4 Å². The number of aromatic nitrogens is 3. The van der Waals surface area contributed by atoms with Crippen LogP contribution in [0.1, 0.15) is 19.9 Å². The van der Waals surface area contributed by atoms with Crippen molar-refractivity contribution in [2.45, 2.75) is 32.2 Å². The average Bonchev–Trinajstić information content (AvgIpc) is 2.81. The molecule has 0 bridgehead atoms. The molecule has 0 aromatic carbocycles. The van der Waals surface area contributed by atoms with Crippen LogP contribution in [0.15, 0.2) is 18.5 Å². The van der Waals surface area contributed by atoms with Crippen LogP contribution in [0.2, 0.25) is 0 Å². The Hall–Kier alpha value is -2.19. The summed E-state index contributed by atoms with van der Waals surface area (Å²) in [6.07, 6.45) is -1.51. The molecule has 1 amide bonds. The number of hydrogen-bond acceptors (Lipinski definition) is 3. The maximum atomic E-state index is 12.9. The summed E-state index contributed by atoms with van der Waals surface area (Å²) >= 11 is 0. The minimum atomic E-state index is -4.75. The van der Waals surface area contributed by atoms with Gasteiger partial charge in [-0.3, -0.25) is 4.79 Å². The van der Waals surface area contributed by atoms with E-state index < -0.39 is 18.3 Å². The summed E-state index contributed by atoms with van der Waals surface area (Å²) in [5.41, 5.74) is 0.403. The zero-order valence-corrected chi connectivity index (χ0v) is 11.1. The van der Waals surface area contributed by atoms with E-state index in [1.165, 1.54) is 12.3 Å². The van der Waals surface area contributed by atoms with Crippen LogP contribution in [-0.4, -0.2) is 33.0 Å². The third kappa shape index (κ3) is 2.81. The summed E-state index contributed by atoms with van der Waals surface area (Å²) in [5, 5.41) is 6.29. The van der Waals surface area contributed by atoms with E-state index in [1.807, 2.05) is 13.8 Å². The van der Waals surface area contributed by atoms with Crippen molar-refractivity contribution in [2.75, 3.05) is 5.32 Å². The fourth-order valence-corrected chi connectivity index (χ4v) is 1.70. The average molecular weight is 304 g/mol. The minimum Gasteiger partial charge on any atom is -0.319 e. The zero-order chi connectivity index (χ0) is 15.8. The molecule has 0 aliphatic carbocycles. The molecule has 0 unspecified atom stereocenters. The van der Waals surface area contributed by atoms with Crippen LogP contribution in [0, 0.1) is 0 Å². The lowest BCUT2D eigenvalue weighted by Crippen LogP contribution is -2.41. The molecule has 1 N–H and O–H groups in total. The van der Waals surface area contributed by atoms with Crippen molar-refractivity contribution in [3.63, 3.8) is 0 Å². The largest absolute Gasteiger partial charge is 0.383 e. The molecule has 9 heteroatoms. The second-order valence-electron chi connectivity index (χ2n) is 4.70. The maximum Gasteiger partial charge on any atom is 0.383 e. The van der Waals surface area contributed by atoms with E-state index >= 15 is 0 Å². The number of anilines is 1. The number of nitrogens with one attached hydrogen (secondary N) is 1. The monoisotopic (exact) mass is 304 g/mol. The molecule has 0 aliphatic heterocycles. The summed E-state index contributed by atoms with van der Waals surface area (Å²) in [4.78, 5) is 15.1. The Morgan fingerprint density at radius 1 is 1.33 bits per heavy atom. The molecule has 2 aromatic rings. The van der Waals surface area contributed by atoms with Gasteiger partial charge in [-0.1, -0.05) is 0 Å². The first-order valence-electron chi connectivity index (χ1n) is 6.04. The lowest BCUT2D eigenvalue weighted by molar-refractivity contribution is -0.163. The predicted octanol–water partition coefficient (Wildman–Crippen LogP) is 2.85. The van der Waals surface area contributed by atoms with Crippen LogP contribution in [0.4, 0.5) is 23.2 Å². The molecule has 0 spiro atoms. The Morgan fingerprint density at radius 2 is 2.00 bits per heavy atom. The summed E-state index contributed by atoms with van der Waals surface area (Å²) in [5.74, 6) is -6.83. The van der Waals surface area contributed by atoms with Gasteiger partial charge in [0.2, 0.25) is 0 Å². The van der Waals surface area contributed by atoms with Gasteiger partial charge in [0.1, 0.15) is 0 Å². The molecule has 0 aliphatic rings. The van der Waals surface area contributed by atoms with E-state index in [2.05, 4.69) is 10.1 Å². The number of hydrogen-bond donors (Lipinski definition) is 1. The highest BCUT2D eigenvalue weighted by molar-refractivity contribution is 5.97. The molecule has 0 saturated heterocycles. The van der Waals surface area contributed by atoms with Crippen molar-refractivity contribution in [1.82, 2.24) is 14.8 Å². The van der Waals surface area contributed by atoms with Gasteiger partial charge in [-0.2, -0.15) is 13.9 Å². The second kappa shape index (κ2) is 5.30. The van der Waals surface area contributed by atoms with Crippen LogP contribution in [0.25, 0.3) is 11.0 Å². The van der Waals surface area contributed by atoms with Gasteiger partial charge in [0, 0.05) is 11.4 Å². The van der Waals surface area contributed by atoms with Crippen LogP contribution < -0.4 is 5.32 Å². The predicted molar refractivity (Wildman–Crippen MR) is 67.5 cm³/mol. The number of alkyl halides is 4. The maximum absolute atomic E-state index is 12.9. The molecule has 114 valence electrons. The number of carbonyl (C=O) groups is 1. The van der Waals surface area contributed by atoms with E-state index in [4.69, 9.17) is 0 Å². The zero-order valence-electron chi connectivity index (χ0n) is 11.1. The van der Waals surface area contributed by atoms with Crippen molar-refractivity contribution >= 4 is 22.6 Å². The Bertz CT molecular complexity index is 668. The summed E-state index contributed by atoms with van der Waals surface area (Å²) in [6.45, 7) is 3.76. The van der Waals surface area contributed by atoms with Gasteiger partial charge in [0.25, 0.3) is 0 Å². The summed E-state index contributed by atoms with van der Waals surface area (Å²) in [7, 11) is 0. The van der Waals surface area contributed by atoms with E-state index in [-0.39, 0.29) is 11.7 Å². The number of nitrogens with zero attached hydrogens (tertiary/aromatic N) is 3. The fraction of sp³-hybridized carbons (Fsp3) is 0.417. The molecule has 2 rings (SSSR count). The third-order valence-corrected chi connectivity index (χ3v) is 2.76. The number of amides is 1. The quantitative estimate of drug-likeness (QED) is 0.884. The lowest BCUT2D eigenvalue weighted by Gasteiger charge is -2.14. The Kier molecular flexibility index (Phi) is 3.84. The first-order valence-corrected chi connectivity index (χ1v) is 6.04. The number of pyridine rings is 1. The Morgan fingerprint density at radius 3 is 2.57 bits per heavy atom. The SMILES string of the molecule is CC(C)n1ncc2cc(NC(=O)C(F)(F)C(F)F)cnc21. The molecule has 21 heavy (non-hydrogen) atoms. The van der Waals surface area contributed by atoms with Gasteiger partial charge < -0.3 is 5.32 Å². The van der Waals surface area contributed by atoms with E-state index in [9.17, 15) is 22.4 Å². The molecule has 2 aromatic heterocycles. The smallest absolute Gasteiger partial charge is 0.319 e. The molecule has 0 saturated carbocycles. The number of fused-ring (bicyclic) bond motifs is 1. The number of rotatable bonds is 4. The second-order valence-corrected chi connectivity index (χ2v) is 4.70. The van der Waals surface area contributed by atoms with Crippen molar-refractivity contribution in [2.24, 2.45) is 0 Å². The van der Waals surface area contributed by atoms with E-state index in [0.29, 0.717) is 11.0 Å². The minimum absolute atomic E-state index is 0.0404. The lowest BCUT2D eigenvalue weighted by atomic mass is 10.3. The standard InChI is InChI=1S/C12H12F4N4O/c1-6(2)20-9-7(4-18-20)3-8(5-17-9)19-11(21)12(15,16)10(13)14/h3-6,10H,1-2H3,(H,19,21). The van der Waals surface area contributed by atoms with Gasteiger partial charge in [0.15, 0.2) is 5.65 Å². The molecule has 0 radical (unpaired) electrons. The topological polar surface area (TPSA) is 59.8 Å². The molecule has 5 nitrogen and oxygen atoms in total. The molecule has 0 atom stereocenters. The summed E-state index contributed by atoms with van der Waals surface area (Å²) < 4.78 is 51.4. The molecular weight excluding hydrogens is 292 g/mol. The van der Waals surface area contributed by atoms with Crippen molar-refractivity contribution in [3.05, 3.63) is 18.5 Å². The van der Waals surface area contributed by atoms with Crippen LogP contribution in [0.3, 0.4) is 0 Å². The molecular formula is C12H12F4N4O. The van der Waals surface area contributed by atoms with Crippen molar-refractivity contribution in [3.8, 4) is 0 Å². The summed E-state index contributed by atoms with van der Waals surface area (Å²) in [6, 6.07) is 1.38. The van der Waals surface area contributed by atoms with Crippen LogP contribution >= 0.6 is 0 Å². The highest BCUT2D eigenvalue weighted by Crippen LogP contribution is 2.25.